The minimum absolute atomic E-state index is 0.121. The van der Waals surface area contributed by atoms with E-state index in [0.717, 1.165) is 42.4 Å². The zero-order valence-corrected chi connectivity index (χ0v) is 16.1. The van der Waals surface area contributed by atoms with Crippen LogP contribution in [-0.2, 0) is 9.53 Å². The van der Waals surface area contributed by atoms with E-state index in [1.54, 1.807) is 0 Å². The predicted octanol–water partition coefficient (Wildman–Crippen LogP) is 3.18. The third kappa shape index (κ3) is 2.73. The van der Waals surface area contributed by atoms with Crippen molar-refractivity contribution in [1.82, 2.24) is 10.2 Å². The number of carbonyl (C=O) groups is 2. The number of nitrogens with one attached hydrogen (secondary N) is 1. The van der Waals surface area contributed by atoms with Gasteiger partial charge in [0.25, 0.3) is 0 Å². The Morgan fingerprint density at radius 1 is 1.08 bits per heavy atom. The van der Waals surface area contributed by atoms with Crippen molar-refractivity contribution in [3.63, 3.8) is 0 Å². The van der Waals surface area contributed by atoms with Gasteiger partial charge >= 0.3 is 6.09 Å². The second kappa shape index (κ2) is 5.87. The summed E-state index contributed by atoms with van der Waals surface area (Å²) >= 11 is 0. The molecule has 6 fully saturated rings. The maximum absolute atomic E-state index is 12.9. The average molecular weight is 360 g/mol. The molecule has 1 heterocycles. The van der Waals surface area contributed by atoms with Crippen LogP contribution >= 0.6 is 0 Å². The van der Waals surface area contributed by atoms with Crippen LogP contribution in [0.1, 0.15) is 58.8 Å². The molecular weight excluding hydrogens is 328 g/mol. The Hall–Kier alpha value is -1.26. The molecule has 0 atom stereocenters. The molecule has 0 radical (unpaired) electrons. The molecule has 1 aliphatic heterocycles. The SMILES string of the molecule is CC1C2CC3CC1CC(C2)C3(C)CC(=O)N1CC(OC(=O)NC2CC2)C1. The Morgan fingerprint density at radius 2 is 1.65 bits per heavy atom. The topological polar surface area (TPSA) is 58.6 Å². The molecule has 4 bridgehead atoms. The van der Waals surface area contributed by atoms with Gasteiger partial charge in [-0.1, -0.05) is 13.8 Å². The molecule has 0 unspecified atom stereocenters. The van der Waals surface area contributed by atoms with Gasteiger partial charge in [0.2, 0.25) is 5.91 Å². The Kier molecular flexibility index (Phi) is 3.81. The van der Waals surface area contributed by atoms with Crippen LogP contribution in [0.25, 0.3) is 0 Å². The molecule has 1 N–H and O–H groups in total. The van der Waals surface area contributed by atoms with Gasteiger partial charge in [-0.25, -0.2) is 4.79 Å². The molecule has 5 heteroatoms. The van der Waals surface area contributed by atoms with E-state index in [2.05, 4.69) is 19.2 Å². The molecule has 0 spiro atoms. The monoisotopic (exact) mass is 360 g/mol. The van der Waals surface area contributed by atoms with Crippen LogP contribution in [0.4, 0.5) is 4.79 Å². The van der Waals surface area contributed by atoms with Gasteiger partial charge in [-0.05, 0) is 73.5 Å². The van der Waals surface area contributed by atoms with Gasteiger partial charge < -0.3 is 15.0 Å². The number of likely N-dealkylation sites (tertiary alicyclic amines) is 1. The second-order valence-electron chi connectivity index (χ2n) is 10.1. The normalized spacial score (nSPS) is 43.9. The summed E-state index contributed by atoms with van der Waals surface area (Å²) in [7, 11) is 0. The first kappa shape index (κ1) is 16.9. The van der Waals surface area contributed by atoms with Crippen LogP contribution in [0.5, 0.6) is 0 Å². The van der Waals surface area contributed by atoms with Crippen molar-refractivity contribution in [2.75, 3.05) is 13.1 Å². The fraction of sp³-hybridized carbons (Fsp3) is 0.905. The molecule has 0 aromatic rings. The number of alkyl carbamates (subject to hydrolysis) is 1. The first-order chi connectivity index (χ1) is 12.4. The lowest BCUT2D eigenvalue weighted by molar-refractivity contribution is -0.160. The van der Waals surface area contributed by atoms with Crippen LogP contribution in [0.2, 0.25) is 0 Å². The lowest BCUT2D eigenvalue weighted by Crippen LogP contribution is -2.59. The third-order valence-electron chi connectivity index (χ3n) is 8.61. The van der Waals surface area contributed by atoms with Gasteiger partial charge in [-0.2, -0.15) is 0 Å². The van der Waals surface area contributed by atoms with Crippen LogP contribution in [0.3, 0.4) is 0 Å². The van der Waals surface area contributed by atoms with E-state index in [1.165, 1.54) is 25.7 Å². The predicted molar refractivity (Wildman–Crippen MR) is 97.3 cm³/mol. The highest BCUT2D eigenvalue weighted by atomic mass is 16.6. The highest BCUT2D eigenvalue weighted by Gasteiger charge is 2.57. The van der Waals surface area contributed by atoms with Crippen LogP contribution in [-0.4, -0.2) is 42.1 Å². The summed E-state index contributed by atoms with van der Waals surface area (Å²) in [6.07, 6.45) is 7.73. The van der Waals surface area contributed by atoms with Gasteiger partial charge in [-0.15, -0.1) is 0 Å². The van der Waals surface area contributed by atoms with E-state index in [4.69, 9.17) is 4.74 Å². The number of rotatable bonds is 4. The molecule has 2 amide bonds. The fourth-order valence-corrected chi connectivity index (χ4v) is 6.52. The van der Waals surface area contributed by atoms with E-state index in [-0.39, 0.29) is 23.5 Å². The summed E-state index contributed by atoms with van der Waals surface area (Å²) in [6, 6.07) is 0.319. The Bertz CT molecular complexity index is 578. The van der Waals surface area contributed by atoms with E-state index in [0.29, 0.717) is 25.6 Å². The Morgan fingerprint density at radius 3 is 2.19 bits per heavy atom. The molecule has 6 aliphatic rings. The molecule has 26 heavy (non-hydrogen) atoms. The molecule has 5 saturated carbocycles. The van der Waals surface area contributed by atoms with Gasteiger partial charge in [0.15, 0.2) is 0 Å². The molecule has 6 rings (SSSR count). The quantitative estimate of drug-likeness (QED) is 0.838. The minimum atomic E-state index is -0.313. The lowest BCUT2D eigenvalue weighted by Gasteiger charge is -2.62. The molecule has 5 nitrogen and oxygen atoms in total. The molecule has 0 aromatic heterocycles. The zero-order chi connectivity index (χ0) is 18.1. The average Bonchev–Trinajstić information content (AvgIpc) is 3.32. The summed E-state index contributed by atoms with van der Waals surface area (Å²) in [5.74, 6) is 4.47. The van der Waals surface area contributed by atoms with Crippen molar-refractivity contribution in [3.8, 4) is 0 Å². The van der Waals surface area contributed by atoms with Gasteiger partial charge in [-0.3, -0.25) is 4.79 Å². The zero-order valence-electron chi connectivity index (χ0n) is 16.1. The smallest absolute Gasteiger partial charge is 0.407 e. The highest BCUT2D eigenvalue weighted by molar-refractivity contribution is 5.78. The minimum Gasteiger partial charge on any atom is -0.442 e. The fourth-order valence-electron chi connectivity index (χ4n) is 6.52. The van der Waals surface area contributed by atoms with Crippen LogP contribution < -0.4 is 5.32 Å². The summed E-state index contributed by atoms with van der Waals surface area (Å²) in [5, 5.41) is 2.84. The van der Waals surface area contributed by atoms with E-state index < -0.39 is 0 Å². The van der Waals surface area contributed by atoms with Crippen LogP contribution in [0, 0.1) is 35.0 Å². The maximum Gasteiger partial charge on any atom is 0.407 e. The summed E-state index contributed by atoms with van der Waals surface area (Å²) in [6.45, 7) is 5.99. The standard InChI is InChI=1S/C21H32N2O3/c1-12-13-5-15-7-14(12)8-16(6-13)21(15,2)9-19(24)23-10-18(11-23)26-20(25)22-17-3-4-17/h12-18H,3-11H2,1-2H3,(H,22,25). The largest absolute Gasteiger partial charge is 0.442 e. The molecular formula is C21H32N2O3. The summed E-state index contributed by atoms with van der Waals surface area (Å²) in [4.78, 5) is 26.5. The Balaban J connectivity index is 1.14. The number of hydrogen-bond acceptors (Lipinski definition) is 3. The number of ether oxygens (including phenoxy) is 1. The third-order valence-corrected chi connectivity index (χ3v) is 8.61. The number of nitrogens with zero attached hydrogens (tertiary/aromatic N) is 1. The second-order valence-corrected chi connectivity index (χ2v) is 10.1. The van der Waals surface area contributed by atoms with E-state index >= 15 is 0 Å². The van der Waals surface area contributed by atoms with Crippen molar-refractivity contribution in [2.24, 2.45) is 35.0 Å². The first-order valence-electron chi connectivity index (χ1n) is 10.7. The molecule has 0 aromatic carbocycles. The van der Waals surface area contributed by atoms with Crippen molar-refractivity contribution in [3.05, 3.63) is 0 Å². The van der Waals surface area contributed by atoms with Gasteiger partial charge in [0.1, 0.15) is 6.10 Å². The molecule has 144 valence electrons. The van der Waals surface area contributed by atoms with E-state index in [1.807, 2.05) is 4.90 Å². The summed E-state index contributed by atoms with van der Waals surface area (Å²) < 4.78 is 5.39. The number of amides is 2. The van der Waals surface area contributed by atoms with Crippen molar-refractivity contribution >= 4 is 12.0 Å². The lowest BCUT2D eigenvalue weighted by atomic mass is 9.43. The van der Waals surface area contributed by atoms with Crippen molar-refractivity contribution < 1.29 is 14.3 Å². The first-order valence-corrected chi connectivity index (χ1v) is 10.7. The molecule has 1 saturated heterocycles. The Labute approximate surface area is 156 Å². The van der Waals surface area contributed by atoms with Crippen LogP contribution in [0.15, 0.2) is 0 Å². The molecule has 5 aliphatic carbocycles. The van der Waals surface area contributed by atoms with Crippen molar-refractivity contribution in [1.29, 1.82) is 0 Å². The number of hydrogen-bond donors (Lipinski definition) is 1. The van der Waals surface area contributed by atoms with E-state index in [9.17, 15) is 9.59 Å². The number of carbonyl (C=O) groups excluding carboxylic acids is 2. The highest BCUT2D eigenvalue weighted by Crippen LogP contribution is 2.65. The van der Waals surface area contributed by atoms with Crippen molar-refractivity contribution in [2.45, 2.75) is 70.9 Å². The maximum atomic E-state index is 12.9. The van der Waals surface area contributed by atoms with Gasteiger partial charge in [0, 0.05) is 12.5 Å². The van der Waals surface area contributed by atoms with Gasteiger partial charge in [0.05, 0.1) is 13.1 Å². The summed E-state index contributed by atoms with van der Waals surface area (Å²) in [5.41, 5.74) is 0.194.